The molecule has 0 spiro atoms. The van der Waals surface area contributed by atoms with E-state index in [1.807, 2.05) is 30.0 Å². The number of rotatable bonds is 6. The molecule has 3 nitrogen and oxygen atoms in total. The number of nitrogens with one attached hydrogen (secondary N) is 1. The Hall–Kier alpha value is -1.65. The van der Waals surface area contributed by atoms with Crippen molar-refractivity contribution in [3.63, 3.8) is 0 Å². The first kappa shape index (κ1) is 13.4. The highest BCUT2D eigenvalue weighted by molar-refractivity contribution is 7.99. The van der Waals surface area contributed by atoms with Gasteiger partial charge in [0.1, 0.15) is 12.1 Å². The van der Waals surface area contributed by atoms with E-state index in [-0.39, 0.29) is 0 Å². The number of hydrogen-bond donors (Lipinski definition) is 1. The number of hydrogen-bond acceptors (Lipinski definition) is 4. The van der Waals surface area contributed by atoms with E-state index in [9.17, 15) is 0 Å². The molecule has 0 aliphatic carbocycles. The molecule has 0 fully saturated rings. The van der Waals surface area contributed by atoms with Crippen LogP contribution < -0.4 is 5.32 Å². The van der Waals surface area contributed by atoms with E-state index in [0.29, 0.717) is 11.1 Å². The van der Waals surface area contributed by atoms with Gasteiger partial charge in [0.05, 0.1) is 11.1 Å². The van der Waals surface area contributed by atoms with Crippen LogP contribution in [0.3, 0.4) is 0 Å². The highest BCUT2D eigenvalue weighted by Gasteiger charge is 2.02. The van der Waals surface area contributed by atoms with Crippen molar-refractivity contribution in [2.24, 2.45) is 0 Å². The molecule has 0 saturated heterocycles. The zero-order valence-electron chi connectivity index (χ0n) is 9.86. The van der Waals surface area contributed by atoms with E-state index in [2.05, 4.69) is 12.2 Å². The van der Waals surface area contributed by atoms with Gasteiger partial charge in [0.25, 0.3) is 0 Å². The van der Waals surface area contributed by atoms with Crippen LogP contribution in [0.1, 0.15) is 24.5 Å². The summed E-state index contributed by atoms with van der Waals surface area (Å²) in [5.74, 6) is 2.29. The predicted molar refractivity (Wildman–Crippen MR) is 72.0 cm³/mol. The summed E-state index contributed by atoms with van der Waals surface area (Å²) in [6, 6.07) is 9.28. The molecular weight excluding hydrogens is 230 g/mol. The molecule has 0 radical (unpaired) electrons. The van der Waals surface area contributed by atoms with Crippen LogP contribution in [-0.2, 0) is 0 Å². The molecule has 0 aromatic heterocycles. The van der Waals surface area contributed by atoms with E-state index < -0.39 is 0 Å². The monoisotopic (exact) mass is 245 g/mol. The lowest BCUT2D eigenvalue weighted by atomic mass is 10.1. The Morgan fingerprint density at radius 2 is 2.00 bits per heavy atom. The molecular formula is C13H15N3S. The fraction of sp³-hybridized carbons (Fsp3) is 0.385. The second-order valence-corrected chi connectivity index (χ2v) is 4.86. The third-order valence-electron chi connectivity index (χ3n) is 2.26. The molecule has 1 N–H and O–H groups in total. The summed E-state index contributed by atoms with van der Waals surface area (Å²) >= 11 is 1.92. The summed E-state index contributed by atoms with van der Waals surface area (Å²) in [5.41, 5.74) is 1.77. The molecule has 0 amide bonds. The molecule has 17 heavy (non-hydrogen) atoms. The standard InChI is InChI=1S/C13H15N3S/c1-2-17-7-3-6-16-13-5-4-11(9-14)12(8-13)10-15/h4-5,8,16H,2-3,6-7H2,1H3. The molecule has 1 aromatic carbocycles. The van der Waals surface area contributed by atoms with Gasteiger partial charge in [-0.2, -0.15) is 22.3 Å². The summed E-state index contributed by atoms with van der Waals surface area (Å²) in [5, 5.41) is 20.9. The smallest absolute Gasteiger partial charge is 0.101 e. The van der Waals surface area contributed by atoms with E-state index >= 15 is 0 Å². The summed E-state index contributed by atoms with van der Waals surface area (Å²) in [7, 11) is 0. The first-order chi connectivity index (χ1) is 8.31. The third kappa shape index (κ3) is 4.38. The zero-order valence-corrected chi connectivity index (χ0v) is 10.7. The largest absolute Gasteiger partial charge is 0.385 e. The number of nitriles is 2. The van der Waals surface area contributed by atoms with Crippen LogP contribution in [0.5, 0.6) is 0 Å². The van der Waals surface area contributed by atoms with Crippen LogP contribution in [0.2, 0.25) is 0 Å². The van der Waals surface area contributed by atoms with Crippen LogP contribution in [-0.4, -0.2) is 18.1 Å². The van der Waals surface area contributed by atoms with Gasteiger partial charge in [0.15, 0.2) is 0 Å². The molecule has 4 heteroatoms. The second-order valence-electron chi connectivity index (χ2n) is 3.46. The molecule has 0 aliphatic rings. The van der Waals surface area contributed by atoms with Crippen LogP contribution in [0.25, 0.3) is 0 Å². The third-order valence-corrected chi connectivity index (χ3v) is 3.24. The van der Waals surface area contributed by atoms with Crippen molar-refractivity contribution in [2.45, 2.75) is 13.3 Å². The minimum Gasteiger partial charge on any atom is -0.385 e. The van der Waals surface area contributed by atoms with Gasteiger partial charge in [-0.15, -0.1) is 0 Å². The van der Waals surface area contributed by atoms with Crippen molar-refractivity contribution < 1.29 is 0 Å². The maximum absolute atomic E-state index is 8.88. The fourth-order valence-electron chi connectivity index (χ4n) is 1.40. The van der Waals surface area contributed by atoms with Gasteiger partial charge in [0.2, 0.25) is 0 Å². The van der Waals surface area contributed by atoms with Crippen molar-refractivity contribution in [3.05, 3.63) is 29.3 Å². The van der Waals surface area contributed by atoms with Crippen molar-refractivity contribution >= 4 is 17.4 Å². The van der Waals surface area contributed by atoms with Gasteiger partial charge < -0.3 is 5.32 Å². The molecule has 0 aliphatic heterocycles. The minimum atomic E-state index is 0.430. The van der Waals surface area contributed by atoms with Crippen molar-refractivity contribution in [1.29, 1.82) is 10.5 Å². The first-order valence-electron chi connectivity index (χ1n) is 5.57. The van der Waals surface area contributed by atoms with Crippen LogP contribution in [0, 0.1) is 22.7 Å². The Bertz CT molecular complexity index is 443. The molecule has 1 rings (SSSR count). The molecule has 0 unspecified atom stereocenters. The molecule has 1 aromatic rings. The highest BCUT2D eigenvalue weighted by Crippen LogP contribution is 2.14. The van der Waals surface area contributed by atoms with Gasteiger partial charge in [-0.1, -0.05) is 6.92 Å². The topological polar surface area (TPSA) is 59.6 Å². The van der Waals surface area contributed by atoms with Gasteiger partial charge in [-0.25, -0.2) is 0 Å². The molecule has 0 saturated carbocycles. The van der Waals surface area contributed by atoms with E-state index in [4.69, 9.17) is 10.5 Å². The number of benzene rings is 1. The number of anilines is 1. The van der Waals surface area contributed by atoms with Crippen LogP contribution >= 0.6 is 11.8 Å². The SMILES string of the molecule is CCSCCCNc1ccc(C#N)c(C#N)c1. The average molecular weight is 245 g/mol. The summed E-state index contributed by atoms with van der Waals surface area (Å²) < 4.78 is 0. The van der Waals surface area contributed by atoms with E-state index in [1.165, 1.54) is 0 Å². The van der Waals surface area contributed by atoms with Gasteiger partial charge in [-0.3, -0.25) is 0 Å². The Kier molecular flexibility index (Phi) is 5.99. The Morgan fingerprint density at radius 3 is 2.65 bits per heavy atom. The van der Waals surface area contributed by atoms with Gasteiger partial charge in [0, 0.05) is 12.2 Å². The Morgan fingerprint density at radius 1 is 1.24 bits per heavy atom. The fourth-order valence-corrected chi connectivity index (χ4v) is 2.03. The summed E-state index contributed by atoms with van der Waals surface area (Å²) in [4.78, 5) is 0. The Labute approximate surface area is 106 Å². The van der Waals surface area contributed by atoms with Crippen molar-refractivity contribution in [2.75, 3.05) is 23.4 Å². The second kappa shape index (κ2) is 7.60. The maximum atomic E-state index is 8.88. The lowest BCUT2D eigenvalue weighted by molar-refractivity contribution is 0.991. The average Bonchev–Trinajstić information content (AvgIpc) is 2.38. The van der Waals surface area contributed by atoms with Crippen molar-refractivity contribution in [1.82, 2.24) is 0 Å². The maximum Gasteiger partial charge on any atom is 0.101 e. The molecule has 0 atom stereocenters. The summed E-state index contributed by atoms with van der Waals surface area (Å²) in [6.45, 7) is 3.04. The van der Waals surface area contributed by atoms with E-state index in [0.717, 1.165) is 30.2 Å². The lowest BCUT2D eigenvalue weighted by Gasteiger charge is -2.06. The normalized spacial score (nSPS) is 9.35. The predicted octanol–water partition coefficient (Wildman–Crippen LogP) is 2.99. The number of nitrogens with zero attached hydrogens (tertiary/aromatic N) is 2. The molecule has 0 heterocycles. The highest BCUT2D eigenvalue weighted by atomic mass is 32.2. The number of thioether (sulfide) groups is 1. The Balaban J connectivity index is 2.50. The van der Waals surface area contributed by atoms with Gasteiger partial charge >= 0.3 is 0 Å². The van der Waals surface area contributed by atoms with Crippen LogP contribution in [0.15, 0.2) is 18.2 Å². The first-order valence-corrected chi connectivity index (χ1v) is 6.73. The lowest BCUT2D eigenvalue weighted by Crippen LogP contribution is -2.03. The summed E-state index contributed by atoms with van der Waals surface area (Å²) in [6.07, 6.45) is 1.10. The molecule has 0 bridgehead atoms. The minimum absolute atomic E-state index is 0.430. The van der Waals surface area contributed by atoms with Crippen LogP contribution in [0.4, 0.5) is 5.69 Å². The van der Waals surface area contributed by atoms with Crippen molar-refractivity contribution in [3.8, 4) is 12.1 Å². The zero-order chi connectivity index (χ0) is 12.5. The molecule has 88 valence electrons. The quantitative estimate of drug-likeness (QED) is 0.783. The van der Waals surface area contributed by atoms with Gasteiger partial charge in [-0.05, 0) is 36.1 Å². The van der Waals surface area contributed by atoms with E-state index in [1.54, 1.807) is 12.1 Å².